The second-order valence-electron chi connectivity index (χ2n) is 8.13. The minimum Gasteiger partial charge on any atom is -0.496 e. The Hall–Kier alpha value is -2.97. The molecular formula is C24H24ClF2N3O3. The van der Waals surface area contributed by atoms with Crippen molar-refractivity contribution in [2.75, 3.05) is 32.2 Å². The van der Waals surface area contributed by atoms with Crippen LogP contribution in [-0.2, 0) is 10.2 Å². The molecule has 33 heavy (non-hydrogen) atoms. The molecule has 3 aromatic rings. The third-order valence-corrected chi connectivity index (χ3v) is 6.42. The summed E-state index contributed by atoms with van der Waals surface area (Å²) < 4.78 is 39.5. The smallest absolute Gasteiger partial charge is 0.292 e. The van der Waals surface area contributed by atoms with Crippen molar-refractivity contribution < 1.29 is 18.3 Å². The highest BCUT2D eigenvalue weighted by molar-refractivity contribution is 6.32. The number of aryl methyl sites for hydroxylation is 1. The molecule has 0 aliphatic carbocycles. The first-order valence-corrected chi connectivity index (χ1v) is 10.9. The molecule has 1 saturated heterocycles. The summed E-state index contributed by atoms with van der Waals surface area (Å²) in [5.41, 5.74) is 1.31. The molecule has 1 aromatic heterocycles. The first-order chi connectivity index (χ1) is 15.8. The molecule has 1 N–H and O–H groups in total. The first kappa shape index (κ1) is 23.2. The summed E-state index contributed by atoms with van der Waals surface area (Å²) in [6.45, 7) is 3.68. The van der Waals surface area contributed by atoms with E-state index in [4.69, 9.17) is 21.1 Å². The highest BCUT2D eigenvalue weighted by Gasteiger charge is 2.37. The fourth-order valence-electron chi connectivity index (χ4n) is 4.18. The van der Waals surface area contributed by atoms with Gasteiger partial charge in [0.1, 0.15) is 22.3 Å². The molecule has 0 unspecified atom stereocenters. The van der Waals surface area contributed by atoms with E-state index in [9.17, 15) is 13.6 Å². The van der Waals surface area contributed by atoms with Gasteiger partial charge in [0, 0.05) is 36.8 Å². The summed E-state index contributed by atoms with van der Waals surface area (Å²) in [6, 6.07) is 8.95. The van der Waals surface area contributed by atoms with Gasteiger partial charge in [-0.05, 0) is 38.0 Å². The molecule has 2 aromatic carbocycles. The molecule has 0 atom stereocenters. The summed E-state index contributed by atoms with van der Waals surface area (Å²) in [4.78, 5) is 12.8. The number of benzene rings is 2. The van der Waals surface area contributed by atoms with Gasteiger partial charge in [-0.3, -0.25) is 4.79 Å². The lowest BCUT2D eigenvalue weighted by atomic mass is 9.73. The lowest BCUT2D eigenvalue weighted by Gasteiger charge is -2.39. The Morgan fingerprint density at radius 2 is 1.97 bits per heavy atom. The quantitative estimate of drug-likeness (QED) is 0.562. The zero-order valence-electron chi connectivity index (χ0n) is 18.3. The molecule has 174 valence electrons. The molecule has 9 heteroatoms. The van der Waals surface area contributed by atoms with Crippen molar-refractivity contribution in [3.8, 4) is 11.4 Å². The zero-order chi connectivity index (χ0) is 23.6. The summed E-state index contributed by atoms with van der Waals surface area (Å²) in [7, 11) is 1.64. The van der Waals surface area contributed by atoms with E-state index in [1.54, 1.807) is 7.11 Å². The fraction of sp³-hybridized carbons (Fsp3) is 0.333. The Bertz CT molecular complexity index is 1230. The molecular weight excluding hydrogens is 452 g/mol. The van der Waals surface area contributed by atoms with Crippen molar-refractivity contribution in [2.24, 2.45) is 0 Å². The zero-order valence-corrected chi connectivity index (χ0v) is 19.1. The summed E-state index contributed by atoms with van der Waals surface area (Å²) in [5.74, 6) is -0.869. The van der Waals surface area contributed by atoms with Crippen LogP contribution in [0, 0.1) is 18.6 Å². The number of hydrogen-bond donors (Lipinski definition) is 1. The maximum absolute atomic E-state index is 14.2. The van der Waals surface area contributed by atoms with Gasteiger partial charge in [-0.2, -0.15) is 9.78 Å². The van der Waals surface area contributed by atoms with Crippen LogP contribution in [0.15, 0.2) is 47.4 Å². The molecule has 0 amide bonds. The number of halogens is 3. The molecule has 6 nitrogen and oxygen atoms in total. The van der Waals surface area contributed by atoms with Gasteiger partial charge < -0.3 is 14.8 Å². The highest BCUT2D eigenvalue weighted by Crippen LogP contribution is 2.40. The van der Waals surface area contributed by atoms with Crippen LogP contribution in [0.1, 0.15) is 24.0 Å². The Morgan fingerprint density at radius 3 is 2.67 bits per heavy atom. The average Bonchev–Trinajstić information content (AvgIpc) is 2.81. The maximum atomic E-state index is 14.2. The van der Waals surface area contributed by atoms with Crippen molar-refractivity contribution in [3.05, 3.63) is 80.7 Å². The van der Waals surface area contributed by atoms with E-state index in [0.29, 0.717) is 31.5 Å². The number of nitrogens with zero attached hydrogens (tertiary/aromatic N) is 2. The molecule has 0 radical (unpaired) electrons. The van der Waals surface area contributed by atoms with Crippen LogP contribution in [0.4, 0.5) is 14.5 Å². The second-order valence-corrected chi connectivity index (χ2v) is 8.51. The third kappa shape index (κ3) is 4.58. The van der Waals surface area contributed by atoms with Crippen LogP contribution in [0.3, 0.4) is 0 Å². The molecule has 1 fully saturated rings. The van der Waals surface area contributed by atoms with Crippen LogP contribution in [0.2, 0.25) is 5.02 Å². The van der Waals surface area contributed by atoms with E-state index in [-0.39, 0.29) is 16.1 Å². The Labute approximate surface area is 195 Å². The van der Waals surface area contributed by atoms with E-state index in [1.807, 2.05) is 19.1 Å². The van der Waals surface area contributed by atoms with E-state index >= 15 is 0 Å². The molecule has 1 aliphatic rings. The first-order valence-electron chi connectivity index (χ1n) is 10.5. The number of aromatic nitrogens is 2. The van der Waals surface area contributed by atoms with Crippen molar-refractivity contribution in [1.29, 1.82) is 0 Å². The minimum absolute atomic E-state index is 0.132. The predicted molar refractivity (Wildman–Crippen MR) is 123 cm³/mol. The lowest BCUT2D eigenvalue weighted by Crippen LogP contribution is -2.40. The maximum Gasteiger partial charge on any atom is 0.292 e. The van der Waals surface area contributed by atoms with Crippen molar-refractivity contribution >= 4 is 17.3 Å². The standard InChI is InChI=1S/C24H24ClF2N3O3/c1-15-3-6-21(32-2)17(11-15)24(7-9-33-10-8-24)14-28-19-13-29-30(23(31)22(19)25)20-5-4-16(26)12-18(20)27/h3-6,11-13,28H,7-10,14H2,1-2H3. The largest absolute Gasteiger partial charge is 0.496 e. The summed E-state index contributed by atoms with van der Waals surface area (Å²) >= 11 is 6.34. The summed E-state index contributed by atoms with van der Waals surface area (Å²) in [5, 5.41) is 7.18. The third-order valence-electron chi connectivity index (χ3n) is 6.05. The Morgan fingerprint density at radius 1 is 1.21 bits per heavy atom. The van der Waals surface area contributed by atoms with Crippen molar-refractivity contribution in [3.63, 3.8) is 0 Å². The van der Waals surface area contributed by atoms with Gasteiger partial charge in [-0.1, -0.05) is 29.3 Å². The Kier molecular flexibility index (Phi) is 6.67. The van der Waals surface area contributed by atoms with E-state index in [2.05, 4.69) is 16.5 Å². The van der Waals surface area contributed by atoms with Crippen LogP contribution in [-0.4, -0.2) is 36.6 Å². The number of ether oxygens (including phenoxy) is 2. The minimum atomic E-state index is -0.908. The van der Waals surface area contributed by atoms with Crippen LogP contribution < -0.4 is 15.6 Å². The molecule has 2 heterocycles. The molecule has 4 rings (SSSR count). The predicted octanol–water partition coefficient (Wildman–Crippen LogP) is 4.64. The van der Waals surface area contributed by atoms with Gasteiger partial charge in [0.2, 0.25) is 0 Å². The number of nitrogens with one attached hydrogen (secondary N) is 1. The molecule has 1 aliphatic heterocycles. The normalized spacial score (nSPS) is 15.3. The lowest BCUT2D eigenvalue weighted by molar-refractivity contribution is 0.0535. The topological polar surface area (TPSA) is 65.4 Å². The van der Waals surface area contributed by atoms with Crippen LogP contribution >= 0.6 is 11.6 Å². The number of methoxy groups -OCH3 is 1. The van der Waals surface area contributed by atoms with Crippen molar-refractivity contribution in [1.82, 2.24) is 9.78 Å². The number of anilines is 1. The highest BCUT2D eigenvalue weighted by atomic mass is 35.5. The molecule has 0 saturated carbocycles. The Balaban J connectivity index is 1.66. The van der Waals surface area contributed by atoms with Gasteiger partial charge in [0.15, 0.2) is 5.82 Å². The second kappa shape index (κ2) is 9.49. The van der Waals surface area contributed by atoms with E-state index in [1.165, 1.54) is 6.20 Å². The van der Waals surface area contributed by atoms with E-state index < -0.39 is 17.2 Å². The SMILES string of the molecule is COc1ccc(C)cc1C1(CNc2cnn(-c3ccc(F)cc3F)c(=O)c2Cl)CCOCC1. The van der Waals surface area contributed by atoms with Gasteiger partial charge in [0.05, 0.1) is 19.0 Å². The van der Waals surface area contributed by atoms with E-state index in [0.717, 1.165) is 46.5 Å². The average molecular weight is 476 g/mol. The summed E-state index contributed by atoms with van der Waals surface area (Å²) in [6.07, 6.45) is 2.87. The monoisotopic (exact) mass is 475 g/mol. The number of hydrogen-bond acceptors (Lipinski definition) is 5. The van der Waals surface area contributed by atoms with Gasteiger partial charge in [-0.25, -0.2) is 8.78 Å². The van der Waals surface area contributed by atoms with Gasteiger partial charge in [0.25, 0.3) is 5.56 Å². The van der Waals surface area contributed by atoms with Gasteiger partial charge >= 0.3 is 0 Å². The fourth-order valence-corrected chi connectivity index (χ4v) is 4.38. The number of rotatable bonds is 6. The van der Waals surface area contributed by atoms with Crippen LogP contribution in [0.5, 0.6) is 5.75 Å². The molecule has 0 bridgehead atoms. The van der Waals surface area contributed by atoms with Crippen molar-refractivity contribution in [2.45, 2.75) is 25.2 Å². The van der Waals surface area contributed by atoms with Crippen LogP contribution in [0.25, 0.3) is 5.69 Å². The van der Waals surface area contributed by atoms with Gasteiger partial charge in [-0.15, -0.1) is 0 Å². The molecule has 0 spiro atoms.